The zero-order valence-electron chi connectivity index (χ0n) is 12.3. The molecule has 0 bridgehead atoms. The Kier molecular flexibility index (Phi) is 3.81. The van der Waals surface area contributed by atoms with Gasteiger partial charge in [0.1, 0.15) is 5.75 Å². The molecule has 0 spiro atoms. The number of rotatable bonds is 4. The number of ether oxygens (including phenoxy) is 1. The lowest BCUT2D eigenvalue weighted by Crippen LogP contribution is -2.05. The molecule has 2 heterocycles. The van der Waals surface area contributed by atoms with Crippen LogP contribution in [0, 0.1) is 6.92 Å². The number of aromatic amines is 1. The zero-order valence-corrected chi connectivity index (χ0v) is 13.1. The van der Waals surface area contributed by atoms with E-state index in [2.05, 4.69) is 15.0 Å². The Labute approximate surface area is 130 Å². The van der Waals surface area contributed by atoms with Crippen molar-refractivity contribution < 1.29 is 8.95 Å². The molecule has 0 aliphatic carbocycles. The largest absolute Gasteiger partial charge is 0.494 e. The van der Waals surface area contributed by atoms with E-state index in [0.29, 0.717) is 22.3 Å². The minimum Gasteiger partial charge on any atom is -0.494 e. The second kappa shape index (κ2) is 5.76. The van der Waals surface area contributed by atoms with Crippen LogP contribution in [0.3, 0.4) is 0 Å². The number of fused-ring (bicyclic) bond motifs is 1. The number of nitrogens with zero attached hydrogens (tertiary/aromatic N) is 2. The number of pyridine rings is 1. The maximum atomic E-state index is 12.5. The van der Waals surface area contributed by atoms with Crippen LogP contribution < -0.4 is 10.5 Å². The molecule has 3 rings (SSSR count). The first-order chi connectivity index (χ1) is 10.6. The summed E-state index contributed by atoms with van der Waals surface area (Å²) in [6.45, 7) is 2.00. The average molecular weight is 316 g/mol. The molecule has 114 valence electrons. The van der Waals surface area contributed by atoms with E-state index in [1.807, 2.05) is 25.1 Å². The smallest absolute Gasteiger partial charge is 0.197 e. The minimum atomic E-state index is -1.36. The predicted octanol–water partition coefficient (Wildman–Crippen LogP) is 2.16. The molecule has 0 fully saturated rings. The SMILES string of the molecule is COc1ccnc(CS(=O)c2nc3ccc(C)cc3[nH]2)c1N. The van der Waals surface area contributed by atoms with E-state index in [-0.39, 0.29) is 5.75 Å². The number of anilines is 1. The van der Waals surface area contributed by atoms with Crippen molar-refractivity contribution in [1.82, 2.24) is 15.0 Å². The molecule has 0 radical (unpaired) electrons. The van der Waals surface area contributed by atoms with Gasteiger partial charge < -0.3 is 15.5 Å². The van der Waals surface area contributed by atoms with E-state index < -0.39 is 10.8 Å². The predicted molar refractivity (Wildman–Crippen MR) is 86.1 cm³/mol. The summed E-state index contributed by atoms with van der Waals surface area (Å²) in [6, 6.07) is 7.52. The van der Waals surface area contributed by atoms with Crippen molar-refractivity contribution in [2.24, 2.45) is 0 Å². The monoisotopic (exact) mass is 316 g/mol. The van der Waals surface area contributed by atoms with E-state index in [9.17, 15) is 4.21 Å². The molecule has 1 atom stereocenters. The van der Waals surface area contributed by atoms with Gasteiger partial charge in [0.2, 0.25) is 0 Å². The van der Waals surface area contributed by atoms with Crippen LogP contribution >= 0.6 is 0 Å². The second-order valence-corrected chi connectivity index (χ2v) is 6.29. The van der Waals surface area contributed by atoms with Crippen LogP contribution in [-0.2, 0) is 16.6 Å². The number of aromatic nitrogens is 3. The third-order valence-electron chi connectivity index (χ3n) is 3.35. The van der Waals surface area contributed by atoms with Crippen molar-refractivity contribution in [3.8, 4) is 5.75 Å². The van der Waals surface area contributed by atoms with Crippen LogP contribution in [0.2, 0.25) is 0 Å². The van der Waals surface area contributed by atoms with Crippen LogP contribution in [0.4, 0.5) is 5.69 Å². The van der Waals surface area contributed by atoms with Crippen LogP contribution in [0.1, 0.15) is 11.3 Å². The average Bonchev–Trinajstić information content (AvgIpc) is 2.92. The maximum absolute atomic E-state index is 12.5. The third-order valence-corrected chi connectivity index (χ3v) is 4.51. The Morgan fingerprint density at radius 3 is 2.95 bits per heavy atom. The van der Waals surface area contributed by atoms with E-state index >= 15 is 0 Å². The summed E-state index contributed by atoms with van der Waals surface area (Å²) in [5.41, 5.74) is 9.69. The Bertz CT molecular complexity index is 860. The van der Waals surface area contributed by atoms with Gasteiger partial charge in [0, 0.05) is 12.3 Å². The van der Waals surface area contributed by atoms with Gasteiger partial charge in [-0.15, -0.1) is 0 Å². The number of nitrogens with two attached hydrogens (primary N) is 1. The fourth-order valence-corrected chi connectivity index (χ4v) is 3.23. The molecule has 22 heavy (non-hydrogen) atoms. The number of aryl methyl sites for hydroxylation is 1. The van der Waals surface area contributed by atoms with Crippen molar-refractivity contribution >= 4 is 27.5 Å². The van der Waals surface area contributed by atoms with E-state index in [1.165, 1.54) is 7.11 Å². The van der Waals surface area contributed by atoms with Gasteiger partial charge in [-0.2, -0.15) is 0 Å². The van der Waals surface area contributed by atoms with Gasteiger partial charge in [-0.05, 0) is 24.6 Å². The molecule has 3 N–H and O–H groups in total. The number of benzene rings is 1. The highest BCUT2D eigenvalue weighted by molar-refractivity contribution is 7.84. The molecule has 0 amide bonds. The van der Waals surface area contributed by atoms with Crippen molar-refractivity contribution in [3.63, 3.8) is 0 Å². The number of imidazole rings is 1. The standard InChI is InChI=1S/C15H16N4O2S/c1-9-3-4-10-11(7-9)19-15(18-10)22(20)8-12-14(16)13(21-2)5-6-17-12/h3-7H,8,16H2,1-2H3,(H,18,19). The molecule has 7 heteroatoms. The first-order valence-corrected chi connectivity index (χ1v) is 8.02. The molecule has 3 aromatic rings. The number of nitrogens with one attached hydrogen (secondary N) is 1. The molecule has 0 saturated carbocycles. The summed E-state index contributed by atoms with van der Waals surface area (Å²) >= 11 is 0. The highest BCUT2D eigenvalue weighted by Crippen LogP contribution is 2.25. The van der Waals surface area contributed by atoms with E-state index in [1.54, 1.807) is 12.3 Å². The summed E-state index contributed by atoms with van der Waals surface area (Å²) in [5.74, 6) is 0.712. The Morgan fingerprint density at radius 2 is 2.18 bits per heavy atom. The van der Waals surface area contributed by atoms with E-state index in [4.69, 9.17) is 10.5 Å². The minimum absolute atomic E-state index is 0.182. The fraction of sp³-hybridized carbons (Fsp3) is 0.200. The van der Waals surface area contributed by atoms with Gasteiger partial charge in [0.15, 0.2) is 5.16 Å². The second-order valence-electron chi connectivity index (χ2n) is 4.93. The molecule has 6 nitrogen and oxygen atoms in total. The summed E-state index contributed by atoms with van der Waals surface area (Å²) in [6.07, 6.45) is 1.59. The summed E-state index contributed by atoms with van der Waals surface area (Å²) in [4.78, 5) is 11.6. The van der Waals surface area contributed by atoms with Gasteiger partial charge in [0.25, 0.3) is 0 Å². The van der Waals surface area contributed by atoms with Crippen molar-refractivity contribution in [3.05, 3.63) is 41.7 Å². The first kappa shape index (κ1) is 14.5. The zero-order chi connectivity index (χ0) is 15.7. The lowest BCUT2D eigenvalue weighted by Gasteiger charge is -2.07. The van der Waals surface area contributed by atoms with Gasteiger partial charge in [-0.25, -0.2) is 4.98 Å². The Balaban J connectivity index is 1.90. The van der Waals surface area contributed by atoms with Crippen LogP contribution in [0.15, 0.2) is 35.6 Å². The molecule has 0 aliphatic heterocycles. The van der Waals surface area contributed by atoms with Crippen molar-refractivity contribution in [1.29, 1.82) is 0 Å². The quantitative estimate of drug-likeness (QED) is 0.769. The van der Waals surface area contributed by atoms with Gasteiger partial charge >= 0.3 is 0 Å². The Morgan fingerprint density at radius 1 is 1.36 bits per heavy atom. The molecular formula is C15H16N4O2S. The molecule has 2 aromatic heterocycles. The van der Waals surface area contributed by atoms with Gasteiger partial charge in [-0.1, -0.05) is 6.07 Å². The number of H-pyrrole nitrogens is 1. The fourth-order valence-electron chi connectivity index (χ4n) is 2.19. The van der Waals surface area contributed by atoms with Crippen LogP contribution in [0.5, 0.6) is 5.75 Å². The summed E-state index contributed by atoms with van der Waals surface area (Å²) in [7, 11) is 0.177. The van der Waals surface area contributed by atoms with Crippen molar-refractivity contribution in [2.45, 2.75) is 17.8 Å². The lowest BCUT2D eigenvalue weighted by atomic mass is 10.2. The maximum Gasteiger partial charge on any atom is 0.197 e. The number of hydrogen-bond acceptors (Lipinski definition) is 5. The normalized spacial score (nSPS) is 12.5. The highest BCUT2D eigenvalue weighted by Gasteiger charge is 2.15. The molecule has 1 aromatic carbocycles. The highest BCUT2D eigenvalue weighted by atomic mass is 32.2. The summed E-state index contributed by atoms with van der Waals surface area (Å²) in [5, 5.41) is 0.421. The number of nitrogen functional groups attached to an aromatic ring is 1. The Hall–Kier alpha value is -2.41. The molecular weight excluding hydrogens is 300 g/mol. The lowest BCUT2D eigenvalue weighted by molar-refractivity contribution is 0.416. The first-order valence-electron chi connectivity index (χ1n) is 6.70. The molecule has 1 unspecified atom stereocenters. The topological polar surface area (TPSA) is 93.9 Å². The van der Waals surface area contributed by atoms with Crippen LogP contribution in [-0.4, -0.2) is 26.3 Å². The van der Waals surface area contributed by atoms with Crippen molar-refractivity contribution in [2.75, 3.05) is 12.8 Å². The third kappa shape index (κ3) is 2.67. The summed E-state index contributed by atoms with van der Waals surface area (Å²) < 4.78 is 17.6. The van der Waals surface area contributed by atoms with Gasteiger partial charge in [-0.3, -0.25) is 9.19 Å². The molecule has 0 saturated heterocycles. The number of methoxy groups -OCH3 is 1. The van der Waals surface area contributed by atoms with Gasteiger partial charge in [0.05, 0.1) is 46.1 Å². The van der Waals surface area contributed by atoms with Crippen LogP contribution in [0.25, 0.3) is 11.0 Å². The molecule has 0 aliphatic rings. The van der Waals surface area contributed by atoms with E-state index in [0.717, 1.165) is 16.6 Å². The number of hydrogen-bond donors (Lipinski definition) is 2.